The summed E-state index contributed by atoms with van der Waals surface area (Å²) in [7, 11) is 0. The van der Waals surface area contributed by atoms with E-state index in [1.54, 1.807) is 6.92 Å². The van der Waals surface area contributed by atoms with Gasteiger partial charge in [0.2, 0.25) is 0 Å². The lowest BCUT2D eigenvalue weighted by Crippen LogP contribution is -1.98. The number of Topliss-reactive ketones (excluding diaryl/α,β-unsaturated/α-hetero) is 1. The molecule has 20 heavy (non-hydrogen) atoms. The molecule has 0 unspecified atom stereocenters. The zero-order valence-electron chi connectivity index (χ0n) is 12.3. The van der Waals surface area contributed by atoms with Crippen molar-refractivity contribution in [3.63, 3.8) is 0 Å². The number of aryl methyl sites for hydroxylation is 2. The van der Waals surface area contributed by atoms with Gasteiger partial charge in [0, 0.05) is 28.3 Å². The van der Waals surface area contributed by atoms with Gasteiger partial charge >= 0.3 is 0 Å². The van der Waals surface area contributed by atoms with Crippen molar-refractivity contribution in [2.75, 3.05) is 0 Å². The minimum atomic E-state index is 0.210. The molecular formula is C17H21BrO2. The van der Waals surface area contributed by atoms with Crippen molar-refractivity contribution in [3.05, 3.63) is 34.0 Å². The molecule has 0 aliphatic carbocycles. The lowest BCUT2D eigenvalue weighted by molar-refractivity contribution is -0.117. The van der Waals surface area contributed by atoms with Crippen LogP contribution in [0, 0.1) is 5.92 Å². The third-order valence-electron chi connectivity index (χ3n) is 3.51. The maximum atomic E-state index is 11.2. The summed E-state index contributed by atoms with van der Waals surface area (Å²) in [5.41, 5.74) is 2.20. The molecule has 0 spiro atoms. The SMILES string of the molecule is CC(=O)CCc1oc2ccc(Br)cc2c1CCC(C)C. The molecule has 2 aromatic rings. The van der Waals surface area contributed by atoms with E-state index in [1.807, 2.05) is 12.1 Å². The number of hydrogen-bond donors (Lipinski definition) is 0. The monoisotopic (exact) mass is 336 g/mol. The standard InChI is InChI=1S/C17H21BrO2/c1-11(2)4-7-14-15-10-13(18)6-9-17(15)20-16(14)8-5-12(3)19/h6,9-11H,4-5,7-8H2,1-3H3. The summed E-state index contributed by atoms with van der Waals surface area (Å²) in [4.78, 5) is 11.2. The van der Waals surface area contributed by atoms with E-state index < -0.39 is 0 Å². The normalized spacial score (nSPS) is 11.4. The smallest absolute Gasteiger partial charge is 0.134 e. The van der Waals surface area contributed by atoms with Gasteiger partial charge < -0.3 is 9.21 Å². The predicted molar refractivity (Wildman–Crippen MR) is 86.1 cm³/mol. The van der Waals surface area contributed by atoms with Gasteiger partial charge in [-0.3, -0.25) is 0 Å². The highest BCUT2D eigenvalue weighted by atomic mass is 79.9. The molecule has 2 rings (SSSR count). The van der Waals surface area contributed by atoms with Crippen LogP contribution in [-0.4, -0.2) is 5.78 Å². The fourth-order valence-corrected chi connectivity index (χ4v) is 2.73. The van der Waals surface area contributed by atoms with E-state index >= 15 is 0 Å². The molecule has 0 saturated carbocycles. The highest BCUT2D eigenvalue weighted by molar-refractivity contribution is 9.10. The number of carbonyl (C=O) groups is 1. The second-order valence-electron chi connectivity index (χ2n) is 5.78. The largest absolute Gasteiger partial charge is 0.461 e. The lowest BCUT2D eigenvalue weighted by Gasteiger charge is -2.05. The van der Waals surface area contributed by atoms with Crippen LogP contribution < -0.4 is 0 Å². The first-order valence-corrected chi connectivity index (χ1v) is 7.96. The summed E-state index contributed by atoms with van der Waals surface area (Å²) in [6.45, 7) is 6.09. The third-order valence-corrected chi connectivity index (χ3v) is 4.01. The molecule has 1 heterocycles. The summed E-state index contributed by atoms with van der Waals surface area (Å²) >= 11 is 3.52. The lowest BCUT2D eigenvalue weighted by atomic mass is 9.98. The van der Waals surface area contributed by atoms with Gasteiger partial charge in [0.25, 0.3) is 0 Å². The summed E-state index contributed by atoms with van der Waals surface area (Å²) in [6, 6.07) is 6.11. The molecule has 0 radical (unpaired) electrons. The Morgan fingerprint density at radius 3 is 2.70 bits per heavy atom. The molecule has 0 bridgehead atoms. The van der Waals surface area contributed by atoms with Gasteiger partial charge in [-0.1, -0.05) is 29.8 Å². The fourth-order valence-electron chi connectivity index (χ4n) is 2.37. The van der Waals surface area contributed by atoms with Gasteiger partial charge in [0.1, 0.15) is 17.1 Å². The van der Waals surface area contributed by atoms with Gasteiger partial charge in [-0.15, -0.1) is 0 Å². The molecule has 0 fully saturated rings. The quantitative estimate of drug-likeness (QED) is 0.715. The minimum Gasteiger partial charge on any atom is -0.461 e. The van der Waals surface area contributed by atoms with Crippen molar-refractivity contribution >= 4 is 32.7 Å². The molecule has 1 aromatic heterocycles. The molecule has 0 amide bonds. The van der Waals surface area contributed by atoms with Crippen LogP contribution in [0.2, 0.25) is 0 Å². The van der Waals surface area contributed by atoms with Gasteiger partial charge in [-0.05, 0) is 43.9 Å². The molecule has 0 atom stereocenters. The molecule has 2 nitrogen and oxygen atoms in total. The predicted octanol–water partition coefficient (Wildman–Crippen LogP) is 5.31. The van der Waals surface area contributed by atoms with Crippen LogP contribution in [0.15, 0.2) is 27.1 Å². The van der Waals surface area contributed by atoms with Crippen molar-refractivity contribution in [2.45, 2.75) is 46.5 Å². The molecule has 3 heteroatoms. The number of ketones is 1. The van der Waals surface area contributed by atoms with Crippen LogP contribution in [0.25, 0.3) is 11.0 Å². The first-order valence-electron chi connectivity index (χ1n) is 7.16. The fraction of sp³-hybridized carbons (Fsp3) is 0.471. The number of hydrogen-bond acceptors (Lipinski definition) is 2. The van der Waals surface area contributed by atoms with Crippen LogP contribution in [0.4, 0.5) is 0 Å². The number of halogens is 1. The Hall–Kier alpha value is -1.09. The van der Waals surface area contributed by atoms with E-state index in [0.717, 1.165) is 28.7 Å². The van der Waals surface area contributed by atoms with Crippen LogP contribution in [0.5, 0.6) is 0 Å². The Labute approximate surface area is 128 Å². The number of fused-ring (bicyclic) bond motifs is 1. The Kier molecular flexibility index (Phi) is 5.03. The zero-order valence-corrected chi connectivity index (χ0v) is 13.9. The van der Waals surface area contributed by atoms with E-state index in [9.17, 15) is 4.79 Å². The van der Waals surface area contributed by atoms with E-state index in [1.165, 1.54) is 10.9 Å². The van der Waals surface area contributed by atoms with E-state index in [0.29, 0.717) is 18.8 Å². The number of benzene rings is 1. The third kappa shape index (κ3) is 3.72. The first kappa shape index (κ1) is 15.3. The van der Waals surface area contributed by atoms with E-state index in [2.05, 4.69) is 35.8 Å². The summed E-state index contributed by atoms with van der Waals surface area (Å²) < 4.78 is 7.03. The average molecular weight is 337 g/mol. The Morgan fingerprint density at radius 2 is 2.05 bits per heavy atom. The number of rotatable bonds is 6. The maximum Gasteiger partial charge on any atom is 0.134 e. The number of carbonyl (C=O) groups excluding carboxylic acids is 1. The highest BCUT2D eigenvalue weighted by Crippen LogP contribution is 2.31. The number of furan rings is 1. The summed E-state index contributed by atoms with van der Waals surface area (Å²) in [5.74, 6) is 1.85. The molecule has 1 aromatic carbocycles. The van der Waals surface area contributed by atoms with Crippen molar-refractivity contribution in [1.29, 1.82) is 0 Å². The van der Waals surface area contributed by atoms with Crippen LogP contribution >= 0.6 is 15.9 Å². The Bertz CT molecular complexity index is 611. The topological polar surface area (TPSA) is 30.2 Å². The minimum absolute atomic E-state index is 0.210. The van der Waals surface area contributed by atoms with Crippen LogP contribution in [0.3, 0.4) is 0 Å². The average Bonchev–Trinajstić information content (AvgIpc) is 2.71. The van der Waals surface area contributed by atoms with Crippen molar-refractivity contribution in [2.24, 2.45) is 5.92 Å². The van der Waals surface area contributed by atoms with Gasteiger partial charge in [-0.2, -0.15) is 0 Å². The molecular weight excluding hydrogens is 316 g/mol. The highest BCUT2D eigenvalue weighted by Gasteiger charge is 2.15. The Balaban J connectivity index is 2.37. The molecule has 0 aliphatic rings. The maximum absolute atomic E-state index is 11.2. The summed E-state index contributed by atoms with van der Waals surface area (Å²) in [5, 5.41) is 1.18. The van der Waals surface area contributed by atoms with Crippen molar-refractivity contribution in [3.8, 4) is 0 Å². The first-order chi connectivity index (χ1) is 9.47. The van der Waals surface area contributed by atoms with Crippen molar-refractivity contribution < 1.29 is 9.21 Å². The second-order valence-corrected chi connectivity index (χ2v) is 6.69. The van der Waals surface area contributed by atoms with E-state index in [-0.39, 0.29) is 5.78 Å². The van der Waals surface area contributed by atoms with Gasteiger partial charge in [0.05, 0.1) is 0 Å². The Morgan fingerprint density at radius 1 is 1.30 bits per heavy atom. The van der Waals surface area contributed by atoms with E-state index in [4.69, 9.17) is 4.42 Å². The zero-order chi connectivity index (χ0) is 14.7. The summed E-state index contributed by atoms with van der Waals surface area (Å²) in [6.07, 6.45) is 3.40. The van der Waals surface area contributed by atoms with Crippen molar-refractivity contribution in [1.82, 2.24) is 0 Å². The van der Waals surface area contributed by atoms with Gasteiger partial charge in [0.15, 0.2) is 0 Å². The second kappa shape index (κ2) is 6.57. The molecule has 0 aliphatic heterocycles. The van der Waals surface area contributed by atoms with Gasteiger partial charge in [-0.25, -0.2) is 0 Å². The van der Waals surface area contributed by atoms with Crippen LogP contribution in [-0.2, 0) is 17.6 Å². The van der Waals surface area contributed by atoms with Crippen LogP contribution in [0.1, 0.15) is 44.9 Å². The molecule has 108 valence electrons. The molecule has 0 saturated heterocycles. The molecule has 0 N–H and O–H groups in total.